The van der Waals surface area contributed by atoms with E-state index in [9.17, 15) is 9.59 Å². The zero-order valence-corrected chi connectivity index (χ0v) is 22.3. The molecule has 0 fully saturated rings. The van der Waals surface area contributed by atoms with E-state index in [1.807, 2.05) is 29.2 Å². The number of rotatable bonds is 15. The number of carbonyl (C=O) groups excluding carboxylic acids is 2. The van der Waals surface area contributed by atoms with E-state index in [4.69, 9.17) is 16.3 Å². The molecule has 1 atom stereocenters. The van der Waals surface area contributed by atoms with Gasteiger partial charge in [-0.05, 0) is 67.9 Å². The summed E-state index contributed by atoms with van der Waals surface area (Å²) in [4.78, 5) is 30.5. The second kappa shape index (κ2) is 15.4. The molecule has 0 saturated carbocycles. The van der Waals surface area contributed by atoms with Crippen molar-refractivity contribution in [3.8, 4) is 5.75 Å². The van der Waals surface area contributed by atoms with Gasteiger partial charge in [-0.15, -0.1) is 0 Å². The first kappa shape index (κ1) is 28.7. The second-order valence-electron chi connectivity index (χ2n) is 8.58. The quantitative estimate of drug-likeness (QED) is 0.371. The maximum Gasteiger partial charge on any atom is 0.251 e. The van der Waals surface area contributed by atoms with Crippen LogP contribution in [0.3, 0.4) is 0 Å². The molecular formula is C28H40ClN3O3. The first-order valence-electron chi connectivity index (χ1n) is 12.7. The van der Waals surface area contributed by atoms with Gasteiger partial charge in [0.1, 0.15) is 18.4 Å². The number of ether oxygens (including phenoxy) is 1. The van der Waals surface area contributed by atoms with Gasteiger partial charge in [0.2, 0.25) is 5.91 Å². The fourth-order valence-electron chi connectivity index (χ4n) is 3.93. The Labute approximate surface area is 215 Å². The lowest BCUT2D eigenvalue weighted by atomic mass is 10.0. The fraction of sp³-hybridized carbons (Fsp3) is 0.500. The zero-order valence-electron chi connectivity index (χ0n) is 21.6. The number of halogens is 1. The first-order valence-corrected chi connectivity index (χ1v) is 13.1. The summed E-state index contributed by atoms with van der Waals surface area (Å²) in [6, 6.07) is 13.8. The van der Waals surface area contributed by atoms with Crippen molar-refractivity contribution in [3.05, 3.63) is 64.7 Å². The van der Waals surface area contributed by atoms with Crippen LogP contribution in [0.4, 0.5) is 0 Å². The first-order chi connectivity index (χ1) is 16.9. The molecule has 0 bridgehead atoms. The fourth-order valence-corrected chi connectivity index (χ4v) is 4.05. The van der Waals surface area contributed by atoms with E-state index in [1.165, 1.54) is 0 Å². The summed E-state index contributed by atoms with van der Waals surface area (Å²) < 4.78 is 5.88. The van der Waals surface area contributed by atoms with Crippen molar-refractivity contribution in [2.75, 3.05) is 39.3 Å². The maximum atomic E-state index is 13.4. The topological polar surface area (TPSA) is 61.9 Å². The van der Waals surface area contributed by atoms with Gasteiger partial charge in [-0.2, -0.15) is 0 Å². The van der Waals surface area contributed by atoms with Crippen LogP contribution < -0.4 is 10.1 Å². The highest BCUT2D eigenvalue weighted by molar-refractivity contribution is 6.30. The van der Waals surface area contributed by atoms with Crippen LogP contribution in [0.5, 0.6) is 5.75 Å². The summed E-state index contributed by atoms with van der Waals surface area (Å²) in [5.41, 5.74) is 1.44. The predicted molar refractivity (Wildman–Crippen MR) is 143 cm³/mol. The molecule has 0 saturated heterocycles. The van der Waals surface area contributed by atoms with Gasteiger partial charge in [0, 0.05) is 36.6 Å². The molecule has 1 unspecified atom stereocenters. The minimum atomic E-state index is -0.661. The predicted octanol–water partition coefficient (Wildman–Crippen LogP) is 5.05. The van der Waals surface area contributed by atoms with Crippen LogP contribution in [0, 0.1) is 0 Å². The third kappa shape index (κ3) is 9.54. The van der Waals surface area contributed by atoms with Crippen molar-refractivity contribution >= 4 is 23.4 Å². The summed E-state index contributed by atoms with van der Waals surface area (Å²) >= 11 is 5.96. The zero-order chi connectivity index (χ0) is 25.6. The highest BCUT2D eigenvalue weighted by Gasteiger charge is 2.26. The summed E-state index contributed by atoms with van der Waals surface area (Å²) in [5, 5.41) is 3.52. The molecule has 0 aromatic heterocycles. The van der Waals surface area contributed by atoms with E-state index in [-0.39, 0.29) is 11.8 Å². The summed E-state index contributed by atoms with van der Waals surface area (Å²) in [6.45, 7) is 13.2. The summed E-state index contributed by atoms with van der Waals surface area (Å²) in [5.74, 6) is 0.451. The van der Waals surface area contributed by atoms with Gasteiger partial charge in [0.05, 0.1) is 0 Å². The minimum absolute atomic E-state index is 0.0597. The van der Waals surface area contributed by atoms with Crippen molar-refractivity contribution in [2.45, 2.75) is 53.0 Å². The molecule has 6 nitrogen and oxygen atoms in total. The van der Waals surface area contributed by atoms with Crippen molar-refractivity contribution < 1.29 is 14.3 Å². The highest BCUT2D eigenvalue weighted by atomic mass is 35.5. The van der Waals surface area contributed by atoms with Gasteiger partial charge in [-0.1, -0.05) is 51.4 Å². The molecule has 0 heterocycles. The van der Waals surface area contributed by atoms with Crippen LogP contribution in [-0.2, 0) is 11.2 Å². The number of amides is 2. The summed E-state index contributed by atoms with van der Waals surface area (Å²) in [7, 11) is 0. The van der Waals surface area contributed by atoms with Crippen LogP contribution in [0.15, 0.2) is 48.5 Å². The Kier molecular flexibility index (Phi) is 12.6. The van der Waals surface area contributed by atoms with Gasteiger partial charge in [0.15, 0.2) is 0 Å². The van der Waals surface area contributed by atoms with E-state index in [2.05, 4.69) is 37.9 Å². The molecule has 2 aromatic rings. The van der Waals surface area contributed by atoms with E-state index in [0.29, 0.717) is 36.7 Å². The van der Waals surface area contributed by atoms with Gasteiger partial charge in [-0.25, -0.2) is 0 Å². The average molecular weight is 502 g/mol. The SMILES string of the molecule is CCCN(CCC)C(=O)C(Cc1ccc(OCCN(CC)CC)cc1)NC(=O)c1ccc(Cl)cc1. The molecule has 2 aromatic carbocycles. The number of hydrogen-bond donors (Lipinski definition) is 1. The molecule has 0 aliphatic rings. The van der Waals surface area contributed by atoms with E-state index < -0.39 is 6.04 Å². The van der Waals surface area contributed by atoms with Crippen LogP contribution in [0.2, 0.25) is 5.02 Å². The molecule has 1 N–H and O–H groups in total. The summed E-state index contributed by atoms with van der Waals surface area (Å²) in [6.07, 6.45) is 2.13. The lowest BCUT2D eigenvalue weighted by Crippen LogP contribution is -2.50. The van der Waals surface area contributed by atoms with E-state index in [1.54, 1.807) is 24.3 Å². The molecule has 2 amide bonds. The van der Waals surface area contributed by atoms with Gasteiger partial charge >= 0.3 is 0 Å². The number of hydrogen-bond acceptors (Lipinski definition) is 4. The third-order valence-electron chi connectivity index (χ3n) is 5.94. The molecule has 0 aliphatic carbocycles. The monoisotopic (exact) mass is 501 g/mol. The van der Waals surface area contributed by atoms with Gasteiger partial charge in [0.25, 0.3) is 5.91 Å². The van der Waals surface area contributed by atoms with Gasteiger partial charge in [-0.3, -0.25) is 9.59 Å². The number of carbonyl (C=O) groups is 2. The molecule has 192 valence electrons. The van der Waals surface area contributed by atoms with Crippen molar-refractivity contribution in [1.29, 1.82) is 0 Å². The number of likely N-dealkylation sites (N-methyl/N-ethyl adjacent to an activating group) is 1. The average Bonchev–Trinajstić information content (AvgIpc) is 2.87. The van der Waals surface area contributed by atoms with Crippen LogP contribution in [0.1, 0.15) is 56.5 Å². The van der Waals surface area contributed by atoms with Crippen molar-refractivity contribution in [2.24, 2.45) is 0 Å². The number of nitrogens with zero attached hydrogens (tertiary/aromatic N) is 2. The molecule has 35 heavy (non-hydrogen) atoms. The number of benzene rings is 2. The molecule has 0 aliphatic heterocycles. The maximum absolute atomic E-state index is 13.4. The molecule has 0 spiro atoms. The Morgan fingerprint density at radius 2 is 1.49 bits per heavy atom. The molecule has 7 heteroatoms. The normalized spacial score (nSPS) is 11.8. The highest BCUT2D eigenvalue weighted by Crippen LogP contribution is 2.16. The van der Waals surface area contributed by atoms with Crippen LogP contribution in [0.25, 0.3) is 0 Å². The Morgan fingerprint density at radius 1 is 0.886 bits per heavy atom. The smallest absolute Gasteiger partial charge is 0.251 e. The Bertz CT molecular complexity index is 893. The second-order valence-corrected chi connectivity index (χ2v) is 9.02. The van der Waals surface area contributed by atoms with E-state index >= 15 is 0 Å². The van der Waals surface area contributed by atoms with E-state index in [0.717, 1.165) is 43.8 Å². The van der Waals surface area contributed by atoms with Crippen LogP contribution in [-0.4, -0.2) is 67.0 Å². The Balaban J connectivity index is 2.12. The lowest BCUT2D eigenvalue weighted by molar-refractivity contribution is -0.133. The third-order valence-corrected chi connectivity index (χ3v) is 6.19. The Morgan fingerprint density at radius 3 is 2.03 bits per heavy atom. The van der Waals surface area contributed by atoms with Crippen molar-refractivity contribution in [3.63, 3.8) is 0 Å². The molecule has 0 radical (unpaired) electrons. The minimum Gasteiger partial charge on any atom is -0.492 e. The standard InChI is InChI=1S/C28H40ClN3O3/c1-5-17-32(18-6-2)28(34)26(30-27(33)23-11-13-24(29)14-12-23)21-22-9-15-25(16-10-22)35-20-19-31(7-3)8-4/h9-16,26H,5-8,17-21H2,1-4H3,(H,30,33). The van der Waals surface area contributed by atoms with Crippen LogP contribution >= 0.6 is 11.6 Å². The Hall–Kier alpha value is -2.57. The molecule has 2 rings (SSSR count). The van der Waals surface area contributed by atoms with Crippen molar-refractivity contribution in [1.82, 2.24) is 15.1 Å². The lowest BCUT2D eigenvalue weighted by Gasteiger charge is -2.27. The largest absolute Gasteiger partial charge is 0.492 e. The van der Waals surface area contributed by atoms with Gasteiger partial charge < -0.3 is 19.9 Å². The number of nitrogens with one attached hydrogen (secondary N) is 1. The molecular weight excluding hydrogens is 462 g/mol.